The standard InChI is InChI=1S/C20H21F3N2O3/c1-12-3-14(8-25-9-16(10-25)19(26)27)4-13(2)18(12)28-11-15-5-17(7-24-6-15)20(21,22)23/h3-7,16H,8-11H2,1-2H3,(H,26,27). The van der Waals surface area contributed by atoms with Gasteiger partial charge in [-0.1, -0.05) is 12.1 Å². The van der Waals surface area contributed by atoms with Crippen LogP contribution in [0.5, 0.6) is 5.75 Å². The number of likely N-dealkylation sites (tertiary alicyclic amines) is 1. The fraction of sp³-hybridized carbons (Fsp3) is 0.400. The van der Waals surface area contributed by atoms with Crippen molar-refractivity contribution in [1.82, 2.24) is 9.88 Å². The SMILES string of the molecule is Cc1cc(CN2CC(C(=O)O)C2)cc(C)c1OCc1cncc(C(F)(F)F)c1. The highest BCUT2D eigenvalue weighted by atomic mass is 19.4. The van der Waals surface area contributed by atoms with Gasteiger partial charge < -0.3 is 9.84 Å². The summed E-state index contributed by atoms with van der Waals surface area (Å²) in [6.07, 6.45) is -2.29. The molecule has 2 heterocycles. The third-order valence-corrected chi connectivity index (χ3v) is 4.74. The molecule has 1 aliphatic rings. The quantitative estimate of drug-likeness (QED) is 0.807. The largest absolute Gasteiger partial charge is 0.488 e. The van der Waals surface area contributed by atoms with E-state index >= 15 is 0 Å². The molecule has 0 radical (unpaired) electrons. The maximum atomic E-state index is 12.8. The average molecular weight is 394 g/mol. The lowest BCUT2D eigenvalue weighted by molar-refractivity contribution is -0.147. The number of aliphatic carboxylic acids is 1. The van der Waals surface area contributed by atoms with Gasteiger partial charge in [-0.2, -0.15) is 13.2 Å². The molecule has 0 atom stereocenters. The summed E-state index contributed by atoms with van der Waals surface area (Å²) in [6.45, 7) is 5.48. The van der Waals surface area contributed by atoms with Crippen molar-refractivity contribution in [1.29, 1.82) is 0 Å². The van der Waals surface area contributed by atoms with E-state index in [2.05, 4.69) is 9.88 Å². The van der Waals surface area contributed by atoms with E-state index in [1.165, 1.54) is 6.20 Å². The van der Waals surface area contributed by atoms with E-state index < -0.39 is 17.7 Å². The van der Waals surface area contributed by atoms with Crippen molar-refractivity contribution in [2.75, 3.05) is 13.1 Å². The maximum Gasteiger partial charge on any atom is 0.417 e. The van der Waals surface area contributed by atoms with E-state index in [1.54, 1.807) is 0 Å². The third kappa shape index (κ3) is 4.62. The van der Waals surface area contributed by atoms with Crippen molar-refractivity contribution in [3.8, 4) is 5.75 Å². The molecule has 5 nitrogen and oxygen atoms in total. The van der Waals surface area contributed by atoms with Crippen molar-refractivity contribution in [3.63, 3.8) is 0 Å². The smallest absolute Gasteiger partial charge is 0.417 e. The topological polar surface area (TPSA) is 62.7 Å². The number of carbonyl (C=O) groups is 1. The Kier molecular flexibility index (Phi) is 5.60. The highest BCUT2D eigenvalue weighted by molar-refractivity contribution is 5.71. The molecular weight excluding hydrogens is 373 g/mol. The molecule has 0 bridgehead atoms. The number of aromatic nitrogens is 1. The van der Waals surface area contributed by atoms with Gasteiger partial charge in [0.2, 0.25) is 0 Å². The molecule has 1 aromatic carbocycles. The lowest BCUT2D eigenvalue weighted by Gasteiger charge is -2.36. The molecule has 0 unspecified atom stereocenters. The summed E-state index contributed by atoms with van der Waals surface area (Å²) in [6, 6.07) is 4.95. The van der Waals surface area contributed by atoms with Crippen LogP contribution in [0.25, 0.3) is 0 Å². The Labute approximate surface area is 160 Å². The summed E-state index contributed by atoms with van der Waals surface area (Å²) in [5, 5.41) is 8.95. The van der Waals surface area contributed by atoms with Crippen molar-refractivity contribution in [3.05, 3.63) is 58.4 Å². The minimum Gasteiger partial charge on any atom is -0.488 e. The van der Waals surface area contributed by atoms with Crippen LogP contribution >= 0.6 is 0 Å². The van der Waals surface area contributed by atoms with E-state index in [9.17, 15) is 18.0 Å². The first kappa shape index (κ1) is 20.1. The Hall–Kier alpha value is -2.61. The molecule has 1 aliphatic heterocycles. The van der Waals surface area contributed by atoms with Gasteiger partial charge in [-0.25, -0.2) is 0 Å². The van der Waals surface area contributed by atoms with Crippen LogP contribution in [0.4, 0.5) is 13.2 Å². The molecule has 1 fully saturated rings. The van der Waals surface area contributed by atoms with Gasteiger partial charge in [-0.05, 0) is 36.6 Å². The Balaban J connectivity index is 1.65. The number of nitrogens with zero attached hydrogens (tertiary/aromatic N) is 2. The lowest BCUT2D eigenvalue weighted by atomic mass is 9.98. The second kappa shape index (κ2) is 7.79. The predicted molar refractivity (Wildman–Crippen MR) is 95.9 cm³/mol. The van der Waals surface area contributed by atoms with Crippen LogP contribution in [0.3, 0.4) is 0 Å². The summed E-state index contributed by atoms with van der Waals surface area (Å²) in [5.41, 5.74) is 2.35. The van der Waals surface area contributed by atoms with Gasteiger partial charge in [-0.15, -0.1) is 0 Å². The number of aryl methyl sites for hydroxylation is 2. The van der Waals surface area contributed by atoms with Gasteiger partial charge in [0, 0.05) is 37.6 Å². The fourth-order valence-corrected chi connectivity index (χ4v) is 3.35. The Bertz CT molecular complexity index is 854. The summed E-state index contributed by atoms with van der Waals surface area (Å²) < 4.78 is 44.2. The zero-order valence-electron chi connectivity index (χ0n) is 15.6. The van der Waals surface area contributed by atoms with Gasteiger partial charge in [0.25, 0.3) is 0 Å². The molecule has 3 rings (SSSR count). The minimum absolute atomic E-state index is 0.00956. The van der Waals surface area contributed by atoms with Crippen LogP contribution in [0.1, 0.15) is 27.8 Å². The molecule has 1 saturated heterocycles. The molecule has 8 heteroatoms. The summed E-state index contributed by atoms with van der Waals surface area (Å²) in [4.78, 5) is 16.6. The second-order valence-electron chi connectivity index (χ2n) is 7.16. The van der Waals surface area contributed by atoms with Crippen molar-refractivity contribution in [2.45, 2.75) is 33.2 Å². The van der Waals surface area contributed by atoms with Gasteiger partial charge in [0.1, 0.15) is 12.4 Å². The van der Waals surface area contributed by atoms with E-state index in [4.69, 9.17) is 9.84 Å². The predicted octanol–water partition coefficient (Wildman–Crippen LogP) is 3.81. The second-order valence-corrected chi connectivity index (χ2v) is 7.16. The first-order valence-electron chi connectivity index (χ1n) is 8.82. The van der Waals surface area contributed by atoms with Crippen molar-refractivity contribution in [2.24, 2.45) is 5.92 Å². The van der Waals surface area contributed by atoms with Crippen LogP contribution in [-0.4, -0.2) is 34.0 Å². The summed E-state index contributed by atoms with van der Waals surface area (Å²) in [5.74, 6) is -0.435. The van der Waals surface area contributed by atoms with E-state index in [0.29, 0.717) is 30.9 Å². The minimum atomic E-state index is -4.44. The fourth-order valence-electron chi connectivity index (χ4n) is 3.35. The average Bonchev–Trinajstić information content (AvgIpc) is 2.56. The normalized spacial score (nSPS) is 15.3. The molecule has 2 aromatic rings. The molecule has 0 amide bonds. The van der Waals surface area contributed by atoms with Crippen LogP contribution in [0.2, 0.25) is 0 Å². The van der Waals surface area contributed by atoms with Crippen LogP contribution in [0.15, 0.2) is 30.6 Å². The number of benzene rings is 1. The van der Waals surface area contributed by atoms with E-state index in [0.717, 1.165) is 29.0 Å². The number of pyridine rings is 1. The number of carboxylic acid groups (broad SMARTS) is 1. The molecule has 150 valence electrons. The Morgan fingerprint density at radius 2 is 1.82 bits per heavy atom. The number of rotatable bonds is 6. The summed E-state index contributed by atoms with van der Waals surface area (Å²) >= 11 is 0. The Morgan fingerprint density at radius 1 is 1.18 bits per heavy atom. The van der Waals surface area contributed by atoms with Crippen molar-refractivity contribution < 1.29 is 27.8 Å². The maximum absolute atomic E-state index is 12.8. The summed E-state index contributed by atoms with van der Waals surface area (Å²) in [7, 11) is 0. The van der Waals surface area contributed by atoms with Gasteiger partial charge >= 0.3 is 12.1 Å². The molecule has 0 spiro atoms. The molecule has 28 heavy (non-hydrogen) atoms. The molecule has 0 aliphatic carbocycles. The Morgan fingerprint density at radius 3 is 2.39 bits per heavy atom. The highest BCUT2D eigenvalue weighted by Gasteiger charge is 2.32. The number of ether oxygens (including phenoxy) is 1. The van der Waals surface area contributed by atoms with E-state index in [1.807, 2.05) is 26.0 Å². The van der Waals surface area contributed by atoms with Gasteiger partial charge in [0.15, 0.2) is 0 Å². The zero-order chi connectivity index (χ0) is 20.5. The number of carboxylic acids is 1. The number of alkyl halides is 3. The molecule has 1 N–H and O–H groups in total. The molecule has 1 aromatic heterocycles. The zero-order valence-corrected chi connectivity index (χ0v) is 15.6. The monoisotopic (exact) mass is 394 g/mol. The highest BCUT2D eigenvalue weighted by Crippen LogP contribution is 2.30. The molecule has 0 saturated carbocycles. The van der Waals surface area contributed by atoms with Gasteiger partial charge in [0.05, 0.1) is 11.5 Å². The first-order chi connectivity index (χ1) is 13.1. The number of hydrogen-bond acceptors (Lipinski definition) is 4. The molecular formula is C20H21F3N2O3. The lowest BCUT2D eigenvalue weighted by Crippen LogP contribution is -2.49. The first-order valence-corrected chi connectivity index (χ1v) is 8.82. The van der Waals surface area contributed by atoms with Crippen LogP contribution in [-0.2, 0) is 24.1 Å². The van der Waals surface area contributed by atoms with E-state index in [-0.39, 0.29) is 12.5 Å². The number of hydrogen-bond donors (Lipinski definition) is 1. The van der Waals surface area contributed by atoms with Crippen LogP contribution < -0.4 is 4.74 Å². The number of halogens is 3. The van der Waals surface area contributed by atoms with Crippen molar-refractivity contribution >= 4 is 5.97 Å². The third-order valence-electron chi connectivity index (χ3n) is 4.74. The van der Waals surface area contributed by atoms with Gasteiger partial charge in [-0.3, -0.25) is 14.7 Å². The van der Waals surface area contributed by atoms with Crippen LogP contribution in [0, 0.1) is 19.8 Å².